The first kappa shape index (κ1) is 30.0. The van der Waals surface area contributed by atoms with E-state index in [1.807, 2.05) is 74.7 Å². The number of hydrogen-bond acceptors (Lipinski definition) is 8. The molecule has 0 radical (unpaired) electrons. The number of aromatic nitrogens is 2. The second-order valence-electron chi connectivity index (χ2n) is 11.0. The van der Waals surface area contributed by atoms with Gasteiger partial charge in [-0.2, -0.15) is 0 Å². The third-order valence-corrected chi connectivity index (χ3v) is 7.16. The van der Waals surface area contributed by atoms with Gasteiger partial charge in [0.25, 0.3) is 0 Å². The van der Waals surface area contributed by atoms with E-state index in [0.29, 0.717) is 43.2 Å². The van der Waals surface area contributed by atoms with E-state index in [9.17, 15) is 9.59 Å². The summed E-state index contributed by atoms with van der Waals surface area (Å²) < 4.78 is 24.4. The lowest BCUT2D eigenvalue weighted by molar-refractivity contribution is 0.122. The number of fused-ring (bicyclic) bond motifs is 3. The first-order chi connectivity index (χ1) is 20.8. The molecule has 3 heterocycles. The molecule has 0 saturated carbocycles. The van der Waals surface area contributed by atoms with Crippen molar-refractivity contribution in [1.29, 1.82) is 0 Å². The highest BCUT2D eigenvalue weighted by Crippen LogP contribution is 2.39. The quantitative estimate of drug-likeness (QED) is 0.271. The number of methoxy groups -OCH3 is 1. The van der Waals surface area contributed by atoms with Crippen molar-refractivity contribution in [3.05, 3.63) is 59.7 Å². The van der Waals surface area contributed by atoms with Crippen molar-refractivity contribution in [3.8, 4) is 17.0 Å². The number of hydrogen-bond donors (Lipinski definition) is 2. The van der Waals surface area contributed by atoms with Crippen LogP contribution in [-0.4, -0.2) is 67.3 Å². The Bertz CT molecular complexity index is 1590. The minimum atomic E-state index is -0.540. The normalized spacial score (nSPS) is 13.5. The van der Waals surface area contributed by atoms with Gasteiger partial charge in [-0.05, 0) is 52.0 Å². The number of carbonyl (C=O) groups is 2. The van der Waals surface area contributed by atoms with Crippen molar-refractivity contribution in [2.24, 2.45) is 0 Å². The minimum Gasteiger partial charge on any atom is -0.497 e. The van der Waals surface area contributed by atoms with Crippen molar-refractivity contribution in [2.45, 2.75) is 53.0 Å². The molecule has 43 heavy (non-hydrogen) atoms. The monoisotopic (exact) mass is 589 g/mol. The fourth-order valence-corrected chi connectivity index (χ4v) is 5.26. The Morgan fingerprint density at radius 1 is 0.860 bits per heavy atom. The molecule has 0 unspecified atom stereocenters. The Morgan fingerprint density at radius 3 is 2.02 bits per heavy atom. The van der Waals surface area contributed by atoms with E-state index in [2.05, 4.69) is 21.6 Å². The Labute approximate surface area is 251 Å². The summed E-state index contributed by atoms with van der Waals surface area (Å²) in [5, 5.41) is 12.7. The molecule has 1 aliphatic rings. The second-order valence-corrected chi connectivity index (χ2v) is 11.0. The highest BCUT2D eigenvalue weighted by atomic mass is 16.6. The maximum absolute atomic E-state index is 12.7. The van der Waals surface area contributed by atoms with E-state index in [4.69, 9.17) is 24.0 Å². The highest BCUT2D eigenvalue weighted by Gasteiger charge is 2.27. The number of ether oxygens (including phenoxy) is 4. The number of nitrogens with zero attached hydrogens (tertiary/aromatic N) is 3. The smallest absolute Gasteiger partial charge is 0.407 e. The average molecular weight is 590 g/mol. The first-order valence-electron chi connectivity index (χ1n) is 14.6. The lowest BCUT2D eigenvalue weighted by Crippen LogP contribution is -2.37. The molecule has 2 amide bonds. The molecule has 4 aromatic rings. The molecule has 0 spiro atoms. The highest BCUT2D eigenvalue weighted by molar-refractivity contribution is 6.04. The number of alkyl carbamates (subject to hydrolysis) is 2. The van der Waals surface area contributed by atoms with Crippen LogP contribution in [0.25, 0.3) is 27.5 Å². The summed E-state index contributed by atoms with van der Waals surface area (Å²) in [6.07, 6.45) is -1.07. The lowest BCUT2D eigenvalue weighted by Gasteiger charge is -2.29. The average Bonchev–Trinajstić information content (AvgIpc) is 3.31. The molecule has 11 nitrogen and oxygen atoms in total. The second kappa shape index (κ2) is 13.2. The van der Waals surface area contributed by atoms with Crippen LogP contribution < -0.4 is 20.3 Å². The Morgan fingerprint density at radius 2 is 1.44 bits per heavy atom. The van der Waals surface area contributed by atoms with Crippen LogP contribution >= 0.6 is 0 Å². The molecule has 0 aliphatic carbocycles. The number of benzene rings is 2. The zero-order valence-electron chi connectivity index (χ0n) is 25.3. The minimum absolute atomic E-state index is 0.0503. The Kier molecular flexibility index (Phi) is 9.20. The summed E-state index contributed by atoms with van der Waals surface area (Å²) in [5.74, 6) is 1.53. The van der Waals surface area contributed by atoms with E-state index < -0.39 is 12.2 Å². The molecule has 1 aliphatic heterocycles. The van der Waals surface area contributed by atoms with Gasteiger partial charge in [-0.3, -0.25) is 0 Å². The summed E-state index contributed by atoms with van der Waals surface area (Å²) in [5.41, 5.74) is 3.75. The van der Waals surface area contributed by atoms with Crippen LogP contribution in [0.15, 0.2) is 48.5 Å². The van der Waals surface area contributed by atoms with E-state index in [1.54, 1.807) is 7.11 Å². The molecule has 228 valence electrons. The van der Waals surface area contributed by atoms with Crippen molar-refractivity contribution < 1.29 is 28.5 Å². The summed E-state index contributed by atoms with van der Waals surface area (Å²) in [4.78, 5) is 27.5. The van der Waals surface area contributed by atoms with Gasteiger partial charge in [-0.15, -0.1) is 5.10 Å². The van der Waals surface area contributed by atoms with Gasteiger partial charge in [-0.1, -0.05) is 24.3 Å². The van der Waals surface area contributed by atoms with Crippen molar-refractivity contribution in [1.82, 2.24) is 20.2 Å². The standard InChI is InChI=1S/C32H39N5O6/c1-20(2)33-31(38)42-18-26-27(19-43-32(39)34-21(3)4)29-24-8-6-7-9-25(24)30(36-14-16-41-17-15-36)35-37(29)28(26)22-10-12-23(40-5)13-11-22/h6-13,20-21H,14-19H2,1-5H3,(H,33,38)(H,34,39). The van der Waals surface area contributed by atoms with Crippen LogP contribution in [0.4, 0.5) is 15.4 Å². The molecule has 2 N–H and O–H groups in total. The van der Waals surface area contributed by atoms with Crippen LogP contribution in [0.1, 0.15) is 38.8 Å². The van der Waals surface area contributed by atoms with Gasteiger partial charge in [0.05, 0.1) is 31.5 Å². The number of carbonyl (C=O) groups excluding carboxylic acids is 2. The molecule has 1 fully saturated rings. The first-order valence-corrected chi connectivity index (χ1v) is 14.6. The summed E-state index contributed by atoms with van der Waals surface area (Å²) in [6, 6.07) is 15.5. The predicted molar refractivity (Wildman–Crippen MR) is 165 cm³/mol. The van der Waals surface area contributed by atoms with Crippen LogP contribution in [0.5, 0.6) is 5.75 Å². The van der Waals surface area contributed by atoms with Crippen molar-refractivity contribution in [3.63, 3.8) is 0 Å². The Balaban J connectivity index is 1.76. The molecule has 2 aromatic heterocycles. The SMILES string of the molecule is COc1ccc(-c2c(COC(=O)NC(C)C)c(COC(=O)NC(C)C)c3c4ccccc4c(N4CCOCC4)nn23)cc1. The zero-order chi connectivity index (χ0) is 30.5. The van der Waals surface area contributed by atoms with Crippen LogP contribution in [0, 0.1) is 0 Å². The topological polar surface area (TPSA) is 116 Å². The molecular weight excluding hydrogens is 550 g/mol. The van der Waals surface area contributed by atoms with E-state index in [-0.39, 0.29) is 25.3 Å². The van der Waals surface area contributed by atoms with Crippen LogP contribution in [0.2, 0.25) is 0 Å². The summed E-state index contributed by atoms with van der Waals surface area (Å²) in [6.45, 7) is 10.00. The fraction of sp³-hybridized carbons (Fsp3) is 0.406. The molecule has 5 rings (SSSR count). The lowest BCUT2D eigenvalue weighted by atomic mass is 10.0. The summed E-state index contributed by atoms with van der Waals surface area (Å²) in [7, 11) is 1.62. The molecular formula is C32H39N5O6. The van der Waals surface area contributed by atoms with Gasteiger partial charge in [0.15, 0.2) is 5.82 Å². The third kappa shape index (κ3) is 6.61. The van der Waals surface area contributed by atoms with Gasteiger partial charge >= 0.3 is 12.2 Å². The van der Waals surface area contributed by atoms with Crippen LogP contribution in [0.3, 0.4) is 0 Å². The van der Waals surface area contributed by atoms with Crippen molar-refractivity contribution >= 4 is 34.3 Å². The van der Waals surface area contributed by atoms with E-state index in [0.717, 1.165) is 33.4 Å². The van der Waals surface area contributed by atoms with Gasteiger partial charge in [0.1, 0.15) is 19.0 Å². The van der Waals surface area contributed by atoms with E-state index >= 15 is 0 Å². The molecule has 1 saturated heterocycles. The Hall–Kier alpha value is -4.51. The molecule has 0 bridgehead atoms. The number of amides is 2. The molecule has 0 atom stereocenters. The molecule has 11 heteroatoms. The maximum Gasteiger partial charge on any atom is 0.407 e. The zero-order valence-corrected chi connectivity index (χ0v) is 25.3. The fourth-order valence-electron chi connectivity index (χ4n) is 5.26. The van der Waals surface area contributed by atoms with Crippen molar-refractivity contribution in [2.75, 3.05) is 38.3 Å². The van der Waals surface area contributed by atoms with Gasteiger partial charge in [-0.25, -0.2) is 14.1 Å². The van der Waals surface area contributed by atoms with E-state index in [1.165, 1.54) is 0 Å². The van der Waals surface area contributed by atoms with Crippen LogP contribution in [-0.2, 0) is 27.4 Å². The number of rotatable bonds is 9. The predicted octanol–water partition coefficient (Wildman–Crippen LogP) is 5.27. The molecule has 2 aromatic carbocycles. The third-order valence-electron chi connectivity index (χ3n) is 7.16. The van der Waals surface area contributed by atoms with Gasteiger partial charge in [0, 0.05) is 52.6 Å². The van der Waals surface area contributed by atoms with Gasteiger partial charge < -0.3 is 34.5 Å². The number of nitrogens with one attached hydrogen (secondary N) is 2. The largest absolute Gasteiger partial charge is 0.497 e. The number of morpholine rings is 1. The summed E-state index contributed by atoms with van der Waals surface area (Å²) >= 11 is 0. The van der Waals surface area contributed by atoms with Gasteiger partial charge in [0.2, 0.25) is 0 Å². The maximum atomic E-state index is 12.7. The number of anilines is 1.